The van der Waals surface area contributed by atoms with Crippen molar-refractivity contribution in [2.24, 2.45) is 0 Å². The lowest BCUT2D eigenvalue weighted by Crippen LogP contribution is -2.22. The van der Waals surface area contributed by atoms with Crippen LogP contribution in [0.25, 0.3) is 0 Å². The summed E-state index contributed by atoms with van der Waals surface area (Å²) in [6.45, 7) is 0.463. The van der Waals surface area contributed by atoms with Gasteiger partial charge in [-0.2, -0.15) is 0 Å². The fraction of sp³-hybridized carbons (Fsp3) is 0.353. The molecule has 118 valence electrons. The standard InChI is InChI=1S/C17H21NO3S/c1-20-14-9-8-13(16(11-14)21-2)12-18-17(19)7-3-5-15-6-4-10-22-15/h4,6,8-11H,3,5,7,12H2,1-2H3,(H,18,19). The largest absolute Gasteiger partial charge is 0.497 e. The summed E-state index contributed by atoms with van der Waals surface area (Å²) in [5.74, 6) is 1.52. The minimum atomic E-state index is 0.0643. The third kappa shape index (κ3) is 4.77. The summed E-state index contributed by atoms with van der Waals surface area (Å²) in [6, 6.07) is 9.73. The van der Waals surface area contributed by atoms with Crippen molar-refractivity contribution in [3.8, 4) is 11.5 Å². The Bertz CT molecular complexity index is 596. The lowest BCUT2D eigenvalue weighted by molar-refractivity contribution is -0.121. The molecule has 0 bridgehead atoms. The highest BCUT2D eigenvalue weighted by Gasteiger charge is 2.07. The Morgan fingerprint density at radius 1 is 1.23 bits per heavy atom. The first-order valence-electron chi connectivity index (χ1n) is 7.23. The van der Waals surface area contributed by atoms with Gasteiger partial charge in [0.2, 0.25) is 5.91 Å². The highest BCUT2D eigenvalue weighted by Crippen LogP contribution is 2.24. The van der Waals surface area contributed by atoms with Crippen LogP contribution in [0, 0.1) is 0 Å². The van der Waals surface area contributed by atoms with Crippen molar-refractivity contribution in [3.05, 3.63) is 46.2 Å². The summed E-state index contributed by atoms with van der Waals surface area (Å²) in [4.78, 5) is 13.2. The van der Waals surface area contributed by atoms with Crippen molar-refractivity contribution in [1.82, 2.24) is 5.32 Å². The molecule has 2 rings (SSSR count). The molecule has 1 aromatic heterocycles. The van der Waals surface area contributed by atoms with Crippen LogP contribution in [0.4, 0.5) is 0 Å². The first-order chi connectivity index (χ1) is 10.7. The van der Waals surface area contributed by atoms with Crippen LogP contribution in [-0.2, 0) is 17.8 Å². The molecule has 1 aromatic carbocycles. The van der Waals surface area contributed by atoms with Gasteiger partial charge >= 0.3 is 0 Å². The third-order valence-electron chi connectivity index (χ3n) is 3.38. The topological polar surface area (TPSA) is 47.6 Å². The smallest absolute Gasteiger partial charge is 0.220 e. The van der Waals surface area contributed by atoms with Gasteiger partial charge in [0.15, 0.2) is 0 Å². The van der Waals surface area contributed by atoms with Crippen molar-refractivity contribution in [2.45, 2.75) is 25.8 Å². The molecule has 0 aliphatic heterocycles. The Hall–Kier alpha value is -2.01. The van der Waals surface area contributed by atoms with Crippen LogP contribution in [0.2, 0.25) is 0 Å². The summed E-state index contributed by atoms with van der Waals surface area (Å²) >= 11 is 1.73. The van der Waals surface area contributed by atoms with Gasteiger partial charge < -0.3 is 14.8 Å². The average molecular weight is 319 g/mol. The molecule has 1 heterocycles. The molecule has 0 aliphatic rings. The maximum absolute atomic E-state index is 11.9. The molecule has 0 atom stereocenters. The number of amides is 1. The van der Waals surface area contributed by atoms with E-state index in [1.807, 2.05) is 24.3 Å². The van der Waals surface area contributed by atoms with Gasteiger partial charge in [-0.05, 0) is 36.4 Å². The predicted octanol–water partition coefficient (Wildman–Crippen LogP) is 3.40. The van der Waals surface area contributed by atoms with Crippen molar-refractivity contribution < 1.29 is 14.3 Å². The van der Waals surface area contributed by atoms with Gasteiger partial charge in [-0.1, -0.05) is 6.07 Å². The first kappa shape index (κ1) is 16.4. The molecular formula is C17H21NO3S. The Labute approximate surface area is 135 Å². The number of carbonyl (C=O) groups excluding carboxylic acids is 1. The Balaban J connectivity index is 1.78. The van der Waals surface area contributed by atoms with Crippen LogP contribution < -0.4 is 14.8 Å². The number of carbonyl (C=O) groups is 1. The maximum atomic E-state index is 11.9. The van der Waals surface area contributed by atoms with E-state index >= 15 is 0 Å². The minimum Gasteiger partial charge on any atom is -0.497 e. The summed E-state index contributed by atoms with van der Waals surface area (Å²) in [7, 11) is 3.23. The minimum absolute atomic E-state index is 0.0643. The molecule has 1 amide bonds. The van der Waals surface area contributed by atoms with Gasteiger partial charge in [-0.25, -0.2) is 0 Å². The average Bonchev–Trinajstić information content (AvgIpc) is 3.06. The zero-order chi connectivity index (χ0) is 15.8. The number of hydrogen-bond donors (Lipinski definition) is 1. The second-order valence-electron chi connectivity index (χ2n) is 4.89. The van der Waals surface area contributed by atoms with E-state index in [9.17, 15) is 4.79 Å². The zero-order valence-corrected chi connectivity index (χ0v) is 13.7. The lowest BCUT2D eigenvalue weighted by atomic mass is 10.1. The van der Waals surface area contributed by atoms with E-state index in [-0.39, 0.29) is 5.91 Å². The summed E-state index contributed by atoms with van der Waals surface area (Å²) < 4.78 is 10.5. The van der Waals surface area contributed by atoms with Crippen molar-refractivity contribution >= 4 is 17.2 Å². The highest BCUT2D eigenvalue weighted by molar-refractivity contribution is 7.09. The van der Waals surface area contributed by atoms with Gasteiger partial charge in [0, 0.05) is 29.5 Å². The second-order valence-corrected chi connectivity index (χ2v) is 5.92. The molecule has 4 nitrogen and oxygen atoms in total. The number of methoxy groups -OCH3 is 2. The summed E-state index contributed by atoms with van der Waals surface area (Å²) in [6.07, 6.45) is 2.36. The van der Waals surface area contributed by atoms with Crippen LogP contribution in [-0.4, -0.2) is 20.1 Å². The number of ether oxygens (including phenoxy) is 2. The summed E-state index contributed by atoms with van der Waals surface area (Å²) in [5.41, 5.74) is 0.940. The molecule has 22 heavy (non-hydrogen) atoms. The van der Waals surface area contributed by atoms with Crippen LogP contribution >= 0.6 is 11.3 Å². The van der Waals surface area contributed by atoms with E-state index in [1.165, 1.54) is 4.88 Å². The molecule has 5 heteroatoms. The Morgan fingerprint density at radius 2 is 2.09 bits per heavy atom. The van der Waals surface area contributed by atoms with Crippen LogP contribution in [0.3, 0.4) is 0 Å². The maximum Gasteiger partial charge on any atom is 0.220 e. The van der Waals surface area contributed by atoms with Crippen LogP contribution in [0.5, 0.6) is 11.5 Å². The second kappa shape index (κ2) is 8.44. The molecule has 2 aromatic rings. The van der Waals surface area contributed by atoms with Gasteiger partial charge in [0.25, 0.3) is 0 Å². The molecule has 0 fully saturated rings. The first-order valence-corrected chi connectivity index (χ1v) is 8.11. The Kier molecular flexibility index (Phi) is 6.27. The quantitative estimate of drug-likeness (QED) is 0.811. The van der Waals surface area contributed by atoms with E-state index < -0.39 is 0 Å². The van der Waals surface area contributed by atoms with Crippen molar-refractivity contribution in [1.29, 1.82) is 0 Å². The van der Waals surface area contributed by atoms with E-state index in [1.54, 1.807) is 25.6 Å². The van der Waals surface area contributed by atoms with Gasteiger partial charge in [0.05, 0.1) is 14.2 Å². The monoisotopic (exact) mass is 319 g/mol. The number of benzene rings is 1. The van der Waals surface area contributed by atoms with E-state index in [2.05, 4.69) is 16.8 Å². The third-order valence-corrected chi connectivity index (χ3v) is 4.31. The van der Waals surface area contributed by atoms with Crippen LogP contribution in [0.1, 0.15) is 23.3 Å². The summed E-state index contributed by atoms with van der Waals surface area (Å²) in [5, 5.41) is 5.00. The normalized spacial score (nSPS) is 10.3. The van der Waals surface area contributed by atoms with Crippen LogP contribution in [0.15, 0.2) is 35.7 Å². The molecule has 0 saturated carbocycles. The van der Waals surface area contributed by atoms with Gasteiger partial charge in [-0.3, -0.25) is 4.79 Å². The fourth-order valence-corrected chi connectivity index (χ4v) is 2.91. The molecule has 0 aliphatic carbocycles. The zero-order valence-electron chi connectivity index (χ0n) is 12.9. The Morgan fingerprint density at radius 3 is 2.77 bits per heavy atom. The van der Waals surface area contributed by atoms with E-state index in [0.717, 1.165) is 29.9 Å². The van der Waals surface area contributed by atoms with Gasteiger partial charge in [0.1, 0.15) is 11.5 Å². The van der Waals surface area contributed by atoms with Gasteiger partial charge in [-0.15, -0.1) is 11.3 Å². The molecule has 1 N–H and O–H groups in total. The molecular weight excluding hydrogens is 298 g/mol. The number of hydrogen-bond acceptors (Lipinski definition) is 4. The molecule has 0 saturated heterocycles. The SMILES string of the molecule is COc1ccc(CNC(=O)CCCc2cccs2)c(OC)c1. The molecule has 0 spiro atoms. The fourth-order valence-electron chi connectivity index (χ4n) is 2.16. The highest BCUT2D eigenvalue weighted by atomic mass is 32.1. The lowest BCUT2D eigenvalue weighted by Gasteiger charge is -2.11. The van der Waals surface area contributed by atoms with E-state index in [4.69, 9.17) is 9.47 Å². The van der Waals surface area contributed by atoms with Crippen molar-refractivity contribution in [2.75, 3.05) is 14.2 Å². The predicted molar refractivity (Wildman–Crippen MR) is 88.6 cm³/mol. The van der Waals surface area contributed by atoms with Crippen molar-refractivity contribution in [3.63, 3.8) is 0 Å². The number of rotatable bonds is 8. The molecule has 0 unspecified atom stereocenters. The van der Waals surface area contributed by atoms with E-state index in [0.29, 0.717) is 13.0 Å². The number of thiophene rings is 1. The molecule has 0 radical (unpaired) electrons. The number of aryl methyl sites for hydroxylation is 1. The number of nitrogens with one attached hydrogen (secondary N) is 1.